The Balaban J connectivity index is 1.39. The standard InChI is InChI=1S/C23H18N4O2S/c1-3-8-17(9-4-1)15-27-22(20-12-7-13-28-20)24-25-23(27)30-16-19-14-21(29-26-19)18-10-5-2-6-11-18/h1-14H,15-16H2. The molecule has 3 aromatic heterocycles. The fourth-order valence-electron chi connectivity index (χ4n) is 3.15. The van der Waals surface area contributed by atoms with Crippen molar-refractivity contribution in [3.05, 3.63) is 96.4 Å². The van der Waals surface area contributed by atoms with Crippen LogP contribution in [0.15, 0.2) is 99.2 Å². The quantitative estimate of drug-likeness (QED) is 0.326. The molecule has 0 N–H and O–H groups in total. The van der Waals surface area contributed by atoms with Gasteiger partial charge in [-0.05, 0) is 17.7 Å². The van der Waals surface area contributed by atoms with Gasteiger partial charge in [0.2, 0.25) is 5.82 Å². The van der Waals surface area contributed by atoms with Crippen LogP contribution in [0.1, 0.15) is 11.3 Å². The molecule has 2 aromatic carbocycles. The molecule has 0 radical (unpaired) electrons. The monoisotopic (exact) mass is 414 g/mol. The van der Waals surface area contributed by atoms with Crippen molar-refractivity contribution in [2.45, 2.75) is 17.5 Å². The number of furan rings is 1. The fourth-order valence-corrected chi connectivity index (χ4v) is 3.97. The molecule has 6 nitrogen and oxygen atoms in total. The van der Waals surface area contributed by atoms with E-state index >= 15 is 0 Å². The van der Waals surface area contributed by atoms with Crippen LogP contribution in [0.25, 0.3) is 22.9 Å². The first-order valence-electron chi connectivity index (χ1n) is 9.51. The first-order chi connectivity index (χ1) is 14.9. The average molecular weight is 414 g/mol. The number of hydrogen-bond donors (Lipinski definition) is 0. The van der Waals surface area contributed by atoms with Crippen LogP contribution in [-0.2, 0) is 12.3 Å². The summed E-state index contributed by atoms with van der Waals surface area (Å²) in [6.45, 7) is 0.653. The Morgan fingerprint density at radius 2 is 1.63 bits per heavy atom. The van der Waals surface area contributed by atoms with Crippen LogP contribution in [0.4, 0.5) is 0 Å². The van der Waals surface area contributed by atoms with Gasteiger partial charge in [-0.2, -0.15) is 0 Å². The van der Waals surface area contributed by atoms with E-state index in [1.54, 1.807) is 18.0 Å². The summed E-state index contributed by atoms with van der Waals surface area (Å²) in [5, 5.41) is 13.8. The molecule has 0 fully saturated rings. The van der Waals surface area contributed by atoms with Crippen LogP contribution in [0.2, 0.25) is 0 Å². The molecular formula is C23H18N4O2S. The van der Waals surface area contributed by atoms with Gasteiger partial charge >= 0.3 is 0 Å². The first kappa shape index (κ1) is 18.4. The topological polar surface area (TPSA) is 69.9 Å². The predicted molar refractivity (Wildman–Crippen MR) is 115 cm³/mol. The minimum Gasteiger partial charge on any atom is -0.461 e. The Hall–Kier alpha value is -3.58. The normalized spacial score (nSPS) is 11.1. The van der Waals surface area contributed by atoms with Gasteiger partial charge in [-0.15, -0.1) is 10.2 Å². The maximum atomic E-state index is 5.57. The highest BCUT2D eigenvalue weighted by atomic mass is 32.2. The van der Waals surface area contributed by atoms with Crippen LogP contribution in [0, 0.1) is 0 Å². The summed E-state index contributed by atoms with van der Waals surface area (Å²) in [6.07, 6.45) is 1.64. The van der Waals surface area contributed by atoms with Crippen molar-refractivity contribution in [1.82, 2.24) is 19.9 Å². The van der Waals surface area contributed by atoms with E-state index in [0.29, 0.717) is 23.9 Å². The summed E-state index contributed by atoms with van der Waals surface area (Å²) >= 11 is 1.57. The third kappa shape index (κ3) is 3.92. The maximum absolute atomic E-state index is 5.57. The molecular weight excluding hydrogens is 396 g/mol. The second-order valence-electron chi connectivity index (χ2n) is 6.69. The van der Waals surface area contributed by atoms with Gasteiger partial charge in [-0.3, -0.25) is 4.57 Å². The van der Waals surface area contributed by atoms with Gasteiger partial charge in [-0.25, -0.2) is 0 Å². The number of thioether (sulfide) groups is 1. The van der Waals surface area contributed by atoms with Crippen molar-refractivity contribution in [2.24, 2.45) is 0 Å². The molecule has 0 saturated carbocycles. The van der Waals surface area contributed by atoms with Crippen molar-refractivity contribution in [3.8, 4) is 22.9 Å². The van der Waals surface area contributed by atoms with E-state index in [1.807, 2.05) is 66.7 Å². The molecule has 0 aliphatic heterocycles. The molecule has 0 amide bonds. The van der Waals surface area contributed by atoms with E-state index in [4.69, 9.17) is 8.94 Å². The highest BCUT2D eigenvalue weighted by molar-refractivity contribution is 7.98. The fraction of sp³-hybridized carbons (Fsp3) is 0.0870. The van der Waals surface area contributed by atoms with Gasteiger partial charge < -0.3 is 8.94 Å². The second-order valence-corrected chi connectivity index (χ2v) is 7.63. The SMILES string of the molecule is c1ccc(Cn2c(SCc3cc(-c4ccccc4)on3)nnc2-c2ccco2)cc1. The van der Waals surface area contributed by atoms with Crippen LogP contribution < -0.4 is 0 Å². The lowest BCUT2D eigenvalue weighted by Gasteiger charge is -2.08. The Morgan fingerprint density at radius 1 is 0.833 bits per heavy atom. The molecule has 0 atom stereocenters. The smallest absolute Gasteiger partial charge is 0.200 e. The largest absolute Gasteiger partial charge is 0.461 e. The highest BCUT2D eigenvalue weighted by Gasteiger charge is 2.17. The molecule has 0 aliphatic carbocycles. The van der Waals surface area contributed by atoms with Gasteiger partial charge in [0.1, 0.15) is 0 Å². The zero-order valence-corrected chi connectivity index (χ0v) is 16.8. The minimum absolute atomic E-state index is 0.626. The molecule has 7 heteroatoms. The number of nitrogens with zero attached hydrogens (tertiary/aromatic N) is 4. The molecule has 0 spiro atoms. The summed E-state index contributed by atoms with van der Waals surface area (Å²) in [7, 11) is 0. The summed E-state index contributed by atoms with van der Waals surface area (Å²) < 4.78 is 13.1. The third-order valence-corrected chi connectivity index (χ3v) is 5.61. The molecule has 0 unspecified atom stereocenters. The molecule has 5 rings (SSSR count). The molecule has 5 aromatic rings. The van der Waals surface area contributed by atoms with E-state index in [9.17, 15) is 0 Å². The lowest BCUT2D eigenvalue weighted by atomic mass is 10.2. The Morgan fingerprint density at radius 3 is 2.40 bits per heavy atom. The van der Waals surface area contributed by atoms with Gasteiger partial charge in [0.25, 0.3) is 0 Å². The van der Waals surface area contributed by atoms with E-state index in [-0.39, 0.29) is 0 Å². The Kier molecular flexibility index (Phi) is 5.18. The van der Waals surface area contributed by atoms with Crippen LogP contribution in [-0.4, -0.2) is 19.9 Å². The summed E-state index contributed by atoms with van der Waals surface area (Å²) in [5.74, 6) is 2.78. The number of rotatable bonds is 7. The first-order valence-corrected chi connectivity index (χ1v) is 10.5. The molecule has 0 aliphatic rings. The molecule has 30 heavy (non-hydrogen) atoms. The van der Waals surface area contributed by atoms with Crippen molar-refractivity contribution in [1.29, 1.82) is 0 Å². The zero-order valence-electron chi connectivity index (χ0n) is 16.0. The molecule has 0 bridgehead atoms. The molecule has 0 saturated heterocycles. The number of benzene rings is 2. The van der Waals surface area contributed by atoms with Crippen molar-refractivity contribution >= 4 is 11.8 Å². The van der Waals surface area contributed by atoms with Crippen LogP contribution in [0.5, 0.6) is 0 Å². The molecule has 3 heterocycles. The highest BCUT2D eigenvalue weighted by Crippen LogP contribution is 2.29. The summed E-state index contributed by atoms with van der Waals surface area (Å²) in [6, 6.07) is 25.9. The second kappa shape index (κ2) is 8.42. The zero-order chi connectivity index (χ0) is 20.2. The van der Waals surface area contributed by atoms with E-state index in [1.165, 1.54) is 5.56 Å². The summed E-state index contributed by atoms with van der Waals surface area (Å²) in [5.41, 5.74) is 3.03. The van der Waals surface area contributed by atoms with E-state index in [0.717, 1.165) is 22.2 Å². The lowest BCUT2D eigenvalue weighted by Crippen LogP contribution is -2.03. The van der Waals surface area contributed by atoms with E-state index < -0.39 is 0 Å². The van der Waals surface area contributed by atoms with Crippen molar-refractivity contribution in [2.75, 3.05) is 0 Å². The van der Waals surface area contributed by atoms with Gasteiger partial charge in [-0.1, -0.05) is 77.6 Å². The average Bonchev–Trinajstić information content (AvgIpc) is 3.55. The Labute approximate surface area is 177 Å². The summed E-state index contributed by atoms with van der Waals surface area (Å²) in [4.78, 5) is 0. The number of hydrogen-bond acceptors (Lipinski definition) is 6. The third-order valence-electron chi connectivity index (χ3n) is 4.61. The maximum Gasteiger partial charge on any atom is 0.200 e. The van der Waals surface area contributed by atoms with Crippen LogP contribution >= 0.6 is 11.8 Å². The van der Waals surface area contributed by atoms with Crippen molar-refractivity contribution in [3.63, 3.8) is 0 Å². The van der Waals surface area contributed by atoms with Crippen molar-refractivity contribution < 1.29 is 8.94 Å². The minimum atomic E-state index is 0.626. The Bertz CT molecular complexity index is 1210. The number of aromatic nitrogens is 4. The van der Waals surface area contributed by atoms with Gasteiger partial charge in [0, 0.05) is 17.4 Å². The van der Waals surface area contributed by atoms with Gasteiger partial charge in [0.05, 0.1) is 18.5 Å². The van der Waals surface area contributed by atoms with Gasteiger partial charge in [0.15, 0.2) is 16.7 Å². The van der Waals surface area contributed by atoms with Crippen LogP contribution in [0.3, 0.4) is 0 Å². The molecule has 148 valence electrons. The predicted octanol–water partition coefficient (Wildman–Crippen LogP) is 5.53. The van der Waals surface area contributed by atoms with E-state index in [2.05, 4.69) is 32.1 Å². The lowest BCUT2D eigenvalue weighted by molar-refractivity contribution is 0.426.